The molecular formula is C16H22N4O. The van der Waals surface area contributed by atoms with Crippen LogP contribution in [0.1, 0.15) is 25.1 Å². The monoisotopic (exact) mass is 286 g/mol. The predicted molar refractivity (Wildman–Crippen MR) is 83.0 cm³/mol. The topological polar surface area (TPSA) is 69.8 Å². The first-order valence-electron chi connectivity index (χ1n) is 7.72. The van der Waals surface area contributed by atoms with Crippen LogP contribution < -0.4 is 10.6 Å². The minimum Gasteiger partial charge on any atom is -0.356 e. The summed E-state index contributed by atoms with van der Waals surface area (Å²) >= 11 is 0. The molecule has 0 bridgehead atoms. The van der Waals surface area contributed by atoms with Gasteiger partial charge in [-0.15, -0.1) is 0 Å². The van der Waals surface area contributed by atoms with Crippen LogP contribution in [0.25, 0.3) is 11.0 Å². The maximum absolute atomic E-state index is 11.8. The van der Waals surface area contributed by atoms with Crippen molar-refractivity contribution in [3.8, 4) is 0 Å². The number of nitrogens with zero attached hydrogens (tertiary/aromatic N) is 1. The van der Waals surface area contributed by atoms with Crippen molar-refractivity contribution in [1.29, 1.82) is 0 Å². The van der Waals surface area contributed by atoms with E-state index in [4.69, 9.17) is 0 Å². The predicted octanol–water partition coefficient (Wildman–Crippen LogP) is 1.61. The standard InChI is InChI=1S/C16H22N4O/c21-16(10-12-7-9-17-11-12)18-8-3-6-15-19-13-4-1-2-5-14(13)20-15/h1-2,4-5,12,17H,3,6-11H2,(H,18,21)(H,19,20)/t12-/m1/s1. The zero-order valence-electron chi connectivity index (χ0n) is 12.2. The molecule has 1 amide bonds. The van der Waals surface area contributed by atoms with E-state index in [9.17, 15) is 4.79 Å². The number of nitrogens with one attached hydrogen (secondary N) is 3. The summed E-state index contributed by atoms with van der Waals surface area (Å²) in [5.74, 6) is 1.68. The Morgan fingerprint density at radius 3 is 3.10 bits per heavy atom. The Hall–Kier alpha value is -1.88. The van der Waals surface area contributed by atoms with Gasteiger partial charge in [-0.25, -0.2) is 4.98 Å². The first kappa shape index (κ1) is 14.1. The molecule has 1 atom stereocenters. The molecule has 1 saturated heterocycles. The fourth-order valence-electron chi connectivity index (χ4n) is 2.83. The lowest BCUT2D eigenvalue weighted by molar-refractivity contribution is -0.121. The van der Waals surface area contributed by atoms with E-state index in [1.54, 1.807) is 0 Å². The van der Waals surface area contributed by atoms with Gasteiger partial charge in [-0.05, 0) is 44.0 Å². The van der Waals surface area contributed by atoms with Gasteiger partial charge in [-0.3, -0.25) is 4.79 Å². The van der Waals surface area contributed by atoms with Crippen molar-refractivity contribution in [2.45, 2.75) is 25.7 Å². The number of carbonyl (C=O) groups excluding carboxylic acids is 1. The summed E-state index contributed by atoms with van der Waals surface area (Å²) in [5, 5.41) is 6.29. The Bertz CT molecular complexity index is 568. The highest BCUT2D eigenvalue weighted by atomic mass is 16.1. The molecular weight excluding hydrogens is 264 g/mol. The zero-order chi connectivity index (χ0) is 14.5. The molecule has 0 unspecified atom stereocenters. The van der Waals surface area contributed by atoms with Crippen LogP contribution in [-0.4, -0.2) is 35.5 Å². The molecule has 1 aliphatic rings. The molecule has 0 spiro atoms. The summed E-state index contributed by atoms with van der Waals surface area (Å²) in [4.78, 5) is 19.6. The summed E-state index contributed by atoms with van der Waals surface area (Å²) in [6.45, 7) is 2.74. The number of aromatic nitrogens is 2. The molecule has 5 nitrogen and oxygen atoms in total. The summed E-state index contributed by atoms with van der Waals surface area (Å²) in [7, 11) is 0. The fourth-order valence-corrected chi connectivity index (χ4v) is 2.83. The number of aromatic amines is 1. The molecule has 0 saturated carbocycles. The summed E-state index contributed by atoms with van der Waals surface area (Å²) in [6.07, 6.45) is 3.54. The van der Waals surface area contributed by atoms with Gasteiger partial charge < -0.3 is 15.6 Å². The van der Waals surface area contributed by atoms with Crippen LogP contribution in [0.15, 0.2) is 24.3 Å². The van der Waals surface area contributed by atoms with Gasteiger partial charge in [0.25, 0.3) is 0 Å². The van der Waals surface area contributed by atoms with Crippen LogP contribution in [0.4, 0.5) is 0 Å². The summed E-state index contributed by atoms with van der Waals surface area (Å²) < 4.78 is 0. The molecule has 1 aromatic carbocycles. The third kappa shape index (κ3) is 3.82. The van der Waals surface area contributed by atoms with E-state index in [2.05, 4.69) is 20.6 Å². The third-order valence-corrected chi connectivity index (χ3v) is 3.99. The van der Waals surface area contributed by atoms with Crippen molar-refractivity contribution in [3.63, 3.8) is 0 Å². The van der Waals surface area contributed by atoms with E-state index in [0.717, 1.165) is 55.8 Å². The molecule has 21 heavy (non-hydrogen) atoms. The van der Waals surface area contributed by atoms with E-state index in [-0.39, 0.29) is 5.91 Å². The second-order valence-corrected chi connectivity index (χ2v) is 5.72. The smallest absolute Gasteiger partial charge is 0.220 e. The number of amides is 1. The Balaban J connectivity index is 1.38. The van der Waals surface area contributed by atoms with E-state index in [0.29, 0.717) is 12.3 Å². The molecule has 1 fully saturated rings. The van der Waals surface area contributed by atoms with Gasteiger partial charge in [0.1, 0.15) is 5.82 Å². The molecule has 112 valence electrons. The van der Waals surface area contributed by atoms with Gasteiger partial charge in [0.05, 0.1) is 11.0 Å². The average molecular weight is 286 g/mol. The first-order valence-corrected chi connectivity index (χ1v) is 7.72. The van der Waals surface area contributed by atoms with Gasteiger partial charge in [-0.2, -0.15) is 0 Å². The van der Waals surface area contributed by atoms with Gasteiger partial charge in [-0.1, -0.05) is 12.1 Å². The first-order chi connectivity index (χ1) is 10.3. The molecule has 5 heteroatoms. The third-order valence-electron chi connectivity index (χ3n) is 3.99. The summed E-state index contributed by atoms with van der Waals surface area (Å²) in [6, 6.07) is 8.03. The largest absolute Gasteiger partial charge is 0.356 e. The second-order valence-electron chi connectivity index (χ2n) is 5.72. The number of para-hydroxylation sites is 2. The number of H-pyrrole nitrogens is 1. The van der Waals surface area contributed by atoms with E-state index < -0.39 is 0 Å². The zero-order valence-corrected chi connectivity index (χ0v) is 12.2. The Morgan fingerprint density at radius 2 is 2.29 bits per heavy atom. The van der Waals surface area contributed by atoms with Crippen molar-refractivity contribution in [3.05, 3.63) is 30.1 Å². The molecule has 3 rings (SSSR count). The normalized spacial score (nSPS) is 18.2. The van der Waals surface area contributed by atoms with Gasteiger partial charge in [0, 0.05) is 19.4 Å². The number of fused-ring (bicyclic) bond motifs is 1. The van der Waals surface area contributed by atoms with Crippen LogP contribution in [0.5, 0.6) is 0 Å². The van der Waals surface area contributed by atoms with Crippen molar-refractivity contribution in [1.82, 2.24) is 20.6 Å². The number of aryl methyl sites for hydroxylation is 1. The van der Waals surface area contributed by atoms with Crippen LogP contribution in [0.2, 0.25) is 0 Å². The highest BCUT2D eigenvalue weighted by molar-refractivity contribution is 5.76. The van der Waals surface area contributed by atoms with E-state index in [1.807, 2.05) is 24.3 Å². The Kier molecular flexibility index (Phi) is 4.50. The molecule has 0 aliphatic carbocycles. The van der Waals surface area contributed by atoms with Gasteiger partial charge in [0.2, 0.25) is 5.91 Å². The number of rotatable bonds is 6. The highest BCUT2D eigenvalue weighted by Gasteiger charge is 2.17. The average Bonchev–Trinajstić information content (AvgIpc) is 3.12. The Morgan fingerprint density at radius 1 is 1.38 bits per heavy atom. The van der Waals surface area contributed by atoms with E-state index in [1.165, 1.54) is 0 Å². The quantitative estimate of drug-likeness (QED) is 0.707. The van der Waals surface area contributed by atoms with Crippen molar-refractivity contribution in [2.75, 3.05) is 19.6 Å². The lowest BCUT2D eigenvalue weighted by atomic mass is 10.0. The highest BCUT2D eigenvalue weighted by Crippen LogP contribution is 2.12. The Labute approximate surface area is 124 Å². The van der Waals surface area contributed by atoms with Gasteiger partial charge in [0.15, 0.2) is 0 Å². The lowest BCUT2D eigenvalue weighted by Gasteiger charge is -2.08. The SMILES string of the molecule is O=C(C[C@H]1CCNC1)NCCCc1nc2ccccc2[nH]1. The molecule has 0 radical (unpaired) electrons. The number of benzene rings is 1. The molecule has 2 heterocycles. The summed E-state index contributed by atoms with van der Waals surface area (Å²) in [5.41, 5.74) is 2.08. The van der Waals surface area contributed by atoms with Crippen LogP contribution in [-0.2, 0) is 11.2 Å². The number of hydrogen-bond donors (Lipinski definition) is 3. The van der Waals surface area contributed by atoms with Crippen LogP contribution in [0, 0.1) is 5.92 Å². The van der Waals surface area contributed by atoms with Crippen molar-refractivity contribution in [2.24, 2.45) is 5.92 Å². The number of carbonyl (C=O) groups is 1. The number of hydrogen-bond acceptors (Lipinski definition) is 3. The van der Waals surface area contributed by atoms with Crippen molar-refractivity contribution < 1.29 is 4.79 Å². The van der Waals surface area contributed by atoms with Crippen molar-refractivity contribution >= 4 is 16.9 Å². The minimum atomic E-state index is 0.174. The minimum absolute atomic E-state index is 0.174. The number of imidazole rings is 1. The maximum atomic E-state index is 11.8. The second kappa shape index (κ2) is 6.72. The molecule has 3 N–H and O–H groups in total. The van der Waals surface area contributed by atoms with Crippen LogP contribution in [0.3, 0.4) is 0 Å². The van der Waals surface area contributed by atoms with Crippen LogP contribution >= 0.6 is 0 Å². The molecule has 1 aromatic heterocycles. The molecule has 1 aliphatic heterocycles. The fraction of sp³-hybridized carbons (Fsp3) is 0.500. The van der Waals surface area contributed by atoms with E-state index >= 15 is 0 Å². The maximum Gasteiger partial charge on any atom is 0.220 e. The molecule has 2 aromatic rings. The lowest BCUT2D eigenvalue weighted by Crippen LogP contribution is -2.27. The van der Waals surface area contributed by atoms with Gasteiger partial charge >= 0.3 is 0 Å².